The van der Waals surface area contributed by atoms with Crippen LogP contribution >= 0.6 is 0 Å². The maximum absolute atomic E-state index is 12.3. The van der Waals surface area contributed by atoms with Gasteiger partial charge in [0.25, 0.3) is 0 Å². The smallest absolute Gasteiger partial charge is 0.169 e. The van der Waals surface area contributed by atoms with Gasteiger partial charge < -0.3 is 10.1 Å². The number of nitrogens with zero attached hydrogens (tertiary/aromatic N) is 2. The van der Waals surface area contributed by atoms with Crippen molar-refractivity contribution in [3.63, 3.8) is 0 Å². The van der Waals surface area contributed by atoms with Gasteiger partial charge >= 0.3 is 0 Å². The summed E-state index contributed by atoms with van der Waals surface area (Å²) in [6.45, 7) is 1.46. The Morgan fingerprint density at radius 2 is 2.18 bits per heavy atom. The summed E-state index contributed by atoms with van der Waals surface area (Å²) < 4.78 is 7.16. The van der Waals surface area contributed by atoms with Gasteiger partial charge in [-0.05, 0) is 12.8 Å². The Morgan fingerprint density at radius 1 is 1.47 bits per heavy atom. The summed E-state index contributed by atoms with van der Waals surface area (Å²) in [5.74, 6) is 0.357. The number of rotatable bonds is 2. The summed E-state index contributed by atoms with van der Waals surface area (Å²) in [5, 5.41) is 7.56. The van der Waals surface area contributed by atoms with Gasteiger partial charge in [0.05, 0.1) is 25.0 Å². The molecule has 5 nitrogen and oxygen atoms in total. The molecule has 3 rings (SSSR count). The Hall–Kier alpha value is -1.20. The molecule has 17 heavy (non-hydrogen) atoms. The highest BCUT2D eigenvalue weighted by molar-refractivity contribution is 5.97. The fourth-order valence-corrected chi connectivity index (χ4v) is 2.84. The van der Waals surface area contributed by atoms with E-state index < -0.39 is 0 Å². The first kappa shape index (κ1) is 10.9. The van der Waals surface area contributed by atoms with E-state index in [9.17, 15) is 4.79 Å². The van der Waals surface area contributed by atoms with Crippen LogP contribution in [0.25, 0.3) is 0 Å². The first-order valence-corrected chi connectivity index (χ1v) is 6.09. The van der Waals surface area contributed by atoms with Crippen LogP contribution in [0.1, 0.15) is 23.2 Å². The molecule has 2 saturated heterocycles. The number of nitrogens with one attached hydrogen (secondary N) is 1. The molecule has 0 aromatic carbocycles. The Bertz CT molecular complexity index is 417. The molecule has 2 aliphatic rings. The van der Waals surface area contributed by atoms with Gasteiger partial charge in [0.1, 0.15) is 0 Å². The van der Waals surface area contributed by atoms with Gasteiger partial charge in [0.15, 0.2) is 5.78 Å². The molecule has 5 heteroatoms. The van der Waals surface area contributed by atoms with E-state index in [0.717, 1.165) is 31.6 Å². The minimum atomic E-state index is 0.124. The fraction of sp³-hybridized carbons (Fsp3) is 0.667. The number of hydrogen-bond acceptors (Lipinski definition) is 4. The number of morpholine rings is 1. The third kappa shape index (κ3) is 2.12. The Kier molecular flexibility index (Phi) is 2.72. The summed E-state index contributed by atoms with van der Waals surface area (Å²) >= 11 is 0. The number of aryl methyl sites for hydroxylation is 1. The fourth-order valence-electron chi connectivity index (χ4n) is 2.84. The number of carbonyl (C=O) groups excluding carboxylic acids is 1. The van der Waals surface area contributed by atoms with Gasteiger partial charge in [-0.3, -0.25) is 9.48 Å². The summed E-state index contributed by atoms with van der Waals surface area (Å²) in [7, 11) is 1.84. The molecule has 2 aliphatic heterocycles. The molecule has 2 bridgehead atoms. The molecule has 0 radical (unpaired) electrons. The molecule has 1 aromatic heterocycles. The van der Waals surface area contributed by atoms with Crippen molar-refractivity contribution in [2.45, 2.75) is 24.9 Å². The molecule has 2 unspecified atom stereocenters. The first-order chi connectivity index (χ1) is 8.22. The van der Waals surface area contributed by atoms with Gasteiger partial charge in [-0.25, -0.2) is 0 Å². The SMILES string of the molecule is Cn1cc(C(=O)C2CC3COCC(C2)N3)cn1. The third-order valence-corrected chi connectivity index (χ3v) is 3.61. The van der Waals surface area contributed by atoms with Crippen LogP contribution in [0.5, 0.6) is 0 Å². The number of carbonyl (C=O) groups is 1. The quantitative estimate of drug-likeness (QED) is 0.752. The molecule has 2 atom stereocenters. The van der Waals surface area contributed by atoms with E-state index >= 15 is 0 Å². The number of hydrogen-bond donors (Lipinski definition) is 1. The summed E-state index contributed by atoms with van der Waals surface area (Å²) in [4.78, 5) is 12.3. The largest absolute Gasteiger partial charge is 0.378 e. The molecule has 0 amide bonds. The van der Waals surface area contributed by atoms with E-state index in [1.165, 1.54) is 0 Å². The summed E-state index contributed by atoms with van der Waals surface area (Å²) in [5.41, 5.74) is 0.735. The van der Waals surface area contributed by atoms with Crippen LogP contribution in [-0.2, 0) is 11.8 Å². The molecule has 0 spiro atoms. The molecule has 1 N–H and O–H groups in total. The van der Waals surface area contributed by atoms with E-state index in [0.29, 0.717) is 12.1 Å². The number of ether oxygens (including phenoxy) is 1. The lowest BCUT2D eigenvalue weighted by Gasteiger charge is -2.39. The minimum Gasteiger partial charge on any atom is -0.378 e. The molecule has 0 aliphatic carbocycles. The van der Waals surface area contributed by atoms with Crippen LogP contribution in [0.3, 0.4) is 0 Å². The number of Topliss-reactive ketones (excluding diaryl/α,β-unsaturated/α-hetero) is 1. The maximum Gasteiger partial charge on any atom is 0.169 e. The number of piperidine rings is 1. The lowest BCUT2D eigenvalue weighted by molar-refractivity contribution is 0.00953. The maximum atomic E-state index is 12.3. The van der Waals surface area contributed by atoms with E-state index in [4.69, 9.17) is 4.74 Å². The van der Waals surface area contributed by atoms with Crippen LogP contribution < -0.4 is 5.32 Å². The summed E-state index contributed by atoms with van der Waals surface area (Å²) in [6.07, 6.45) is 5.22. The second-order valence-corrected chi connectivity index (χ2v) is 5.03. The van der Waals surface area contributed by atoms with E-state index in [1.807, 2.05) is 7.05 Å². The predicted molar refractivity (Wildman–Crippen MR) is 61.8 cm³/mol. The van der Waals surface area contributed by atoms with Crippen LogP contribution in [0.2, 0.25) is 0 Å². The van der Waals surface area contributed by atoms with Gasteiger partial charge in [-0.15, -0.1) is 0 Å². The zero-order valence-electron chi connectivity index (χ0n) is 9.93. The number of fused-ring (bicyclic) bond motifs is 2. The van der Waals surface area contributed by atoms with Crippen molar-refractivity contribution in [1.29, 1.82) is 0 Å². The summed E-state index contributed by atoms with van der Waals surface area (Å²) in [6, 6.07) is 0.682. The molecule has 1 aromatic rings. The minimum absolute atomic E-state index is 0.124. The second-order valence-electron chi connectivity index (χ2n) is 5.03. The highest BCUT2D eigenvalue weighted by Crippen LogP contribution is 2.26. The molecular formula is C12H17N3O2. The third-order valence-electron chi connectivity index (χ3n) is 3.61. The highest BCUT2D eigenvalue weighted by Gasteiger charge is 2.35. The average Bonchev–Trinajstić information content (AvgIpc) is 2.74. The topological polar surface area (TPSA) is 56.1 Å². The van der Waals surface area contributed by atoms with Crippen molar-refractivity contribution < 1.29 is 9.53 Å². The molecule has 0 saturated carbocycles. The van der Waals surface area contributed by atoms with Crippen molar-refractivity contribution in [2.75, 3.05) is 13.2 Å². The van der Waals surface area contributed by atoms with E-state index in [2.05, 4.69) is 10.4 Å². The van der Waals surface area contributed by atoms with Crippen LogP contribution in [0.4, 0.5) is 0 Å². The van der Waals surface area contributed by atoms with E-state index in [1.54, 1.807) is 17.1 Å². The molecule has 92 valence electrons. The zero-order chi connectivity index (χ0) is 11.8. The van der Waals surface area contributed by atoms with Crippen molar-refractivity contribution >= 4 is 5.78 Å². The lowest BCUT2D eigenvalue weighted by atomic mass is 9.83. The molecule has 3 heterocycles. The van der Waals surface area contributed by atoms with Gasteiger partial charge in [-0.2, -0.15) is 5.10 Å². The van der Waals surface area contributed by atoms with Crippen LogP contribution in [0, 0.1) is 5.92 Å². The molecular weight excluding hydrogens is 218 g/mol. The van der Waals surface area contributed by atoms with Crippen molar-refractivity contribution in [3.05, 3.63) is 18.0 Å². The monoisotopic (exact) mass is 235 g/mol. The zero-order valence-corrected chi connectivity index (χ0v) is 9.93. The Balaban J connectivity index is 1.74. The van der Waals surface area contributed by atoms with Gasteiger partial charge in [0.2, 0.25) is 0 Å². The number of aromatic nitrogens is 2. The second kappa shape index (κ2) is 4.23. The normalized spacial score (nSPS) is 32.4. The van der Waals surface area contributed by atoms with Crippen molar-refractivity contribution in [3.8, 4) is 0 Å². The highest BCUT2D eigenvalue weighted by atomic mass is 16.5. The standard InChI is InChI=1S/C12H17N3O2/c1-15-5-9(4-13-15)12(16)8-2-10-6-17-7-11(3-8)14-10/h4-5,8,10-11,14H,2-3,6-7H2,1H3. The van der Waals surface area contributed by atoms with Crippen molar-refractivity contribution in [1.82, 2.24) is 15.1 Å². The predicted octanol–water partition coefficient (Wildman–Crippen LogP) is 0.370. The van der Waals surface area contributed by atoms with Crippen LogP contribution in [0.15, 0.2) is 12.4 Å². The Labute approximate surface area is 100 Å². The lowest BCUT2D eigenvalue weighted by Crippen LogP contribution is -2.55. The van der Waals surface area contributed by atoms with Gasteiger partial charge in [-0.1, -0.05) is 0 Å². The molecule has 2 fully saturated rings. The van der Waals surface area contributed by atoms with Crippen LogP contribution in [-0.4, -0.2) is 40.9 Å². The van der Waals surface area contributed by atoms with Gasteiger partial charge in [0, 0.05) is 31.2 Å². The Morgan fingerprint density at radius 3 is 2.76 bits per heavy atom. The number of ketones is 1. The van der Waals surface area contributed by atoms with Crippen molar-refractivity contribution in [2.24, 2.45) is 13.0 Å². The van der Waals surface area contributed by atoms with E-state index in [-0.39, 0.29) is 11.7 Å². The average molecular weight is 235 g/mol. The first-order valence-electron chi connectivity index (χ1n) is 6.09.